The Morgan fingerprint density at radius 3 is 2.31 bits per heavy atom. The fourth-order valence-corrected chi connectivity index (χ4v) is 1.42. The van der Waals surface area contributed by atoms with Crippen molar-refractivity contribution in [3.63, 3.8) is 0 Å². The number of hydrogen-bond donors (Lipinski definition) is 0. The molecule has 0 saturated carbocycles. The summed E-state index contributed by atoms with van der Waals surface area (Å²) in [5.41, 5.74) is 1.14. The zero-order valence-electron chi connectivity index (χ0n) is 9.31. The van der Waals surface area contributed by atoms with Crippen molar-refractivity contribution in [2.24, 2.45) is 5.41 Å². The van der Waals surface area contributed by atoms with Crippen molar-refractivity contribution >= 4 is 5.97 Å². The summed E-state index contributed by atoms with van der Waals surface area (Å²) in [6.45, 7) is 10.4. The molecule has 0 N–H and O–H groups in total. The van der Waals surface area contributed by atoms with Crippen molar-refractivity contribution in [2.75, 3.05) is 6.61 Å². The van der Waals surface area contributed by atoms with Crippen LogP contribution in [0.3, 0.4) is 0 Å². The first-order chi connectivity index (χ1) is 5.87. The van der Waals surface area contributed by atoms with Gasteiger partial charge in [-0.1, -0.05) is 25.5 Å². The van der Waals surface area contributed by atoms with E-state index in [-0.39, 0.29) is 11.4 Å². The molecule has 0 aromatic rings. The van der Waals surface area contributed by atoms with Crippen molar-refractivity contribution < 1.29 is 9.53 Å². The molecular weight excluding hydrogens is 164 g/mol. The second-order valence-electron chi connectivity index (χ2n) is 4.19. The summed E-state index contributed by atoms with van der Waals surface area (Å²) in [5, 5.41) is 0. The van der Waals surface area contributed by atoms with Gasteiger partial charge in [-0.05, 0) is 26.2 Å². The van der Waals surface area contributed by atoms with E-state index in [9.17, 15) is 4.79 Å². The van der Waals surface area contributed by atoms with E-state index < -0.39 is 0 Å². The summed E-state index contributed by atoms with van der Waals surface area (Å²) in [7, 11) is 0. The van der Waals surface area contributed by atoms with Gasteiger partial charge in [0, 0.05) is 0 Å². The molecule has 0 aliphatic carbocycles. The highest BCUT2D eigenvalue weighted by Crippen LogP contribution is 2.24. The molecule has 0 aliphatic heterocycles. The number of ether oxygens (including phenoxy) is 1. The van der Waals surface area contributed by atoms with Gasteiger partial charge in [0.2, 0.25) is 0 Å². The summed E-state index contributed by atoms with van der Waals surface area (Å²) < 4.78 is 4.89. The molecule has 13 heavy (non-hydrogen) atoms. The van der Waals surface area contributed by atoms with Gasteiger partial charge in [-0.25, -0.2) is 0 Å². The minimum atomic E-state index is -0.120. The molecule has 0 heterocycles. The van der Waals surface area contributed by atoms with Crippen LogP contribution in [0.25, 0.3) is 0 Å². The molecule has 2 nitrogen and oxygen atoms in total. The summed E-state index contributed by atoms with van der Waals surface area (Å²) in [6, 6.07) is 0. The maximum Gasteiger partial charge on any atom is 0.306 e. The van der Waals surface area contributed by atoms with Crippen molar-refractivity contribution in [1.29, 1.82) is 0 Å². The minimum absolute atomic E-state index is 0.0922. The van der Waals surface area contributed by atoms with Crippen molar-refractivity contribution in [3.05, 3.63) is 11.6 Å². The van der Waals surface area contributed by atoms with Crippen LogP contribution in [0, 0.1) is 5.41 Å². The molecule has 0 bridgehead atoms. The van der Waals surface area contributed by atoms with Crippen LogP contribution in [-0.4, -0.2) is 12.6 Å². The zero-order valence-corrected chi connectivity index (χ0v) is 9.31. The van der Waals surface area contributed by atoms with Gasteiger partial charge in [0.25, 0.3) is 0 Å². The smallest absolute Gasteiger partial charge is 0.306 e. The Morgan fingerprint density at radius 1 is 1.38 bits per heavy atom. The predicted molar refractivity (Wildman–Crippen MR) is 54.5 cm³/mol. The predicted octanol–water partition coefficient (Wildman–Crippen LogP) is 2.93. The molecule has 0 spiro atoms. The van der Waals surface area contributed by atoms with Crippen molar-refractivity contribution in [2.45, 2.75) is 41.0 Å². The normalized spacial score (nSPS) is 10.8. The van der Waals surface area contributed by atoms with Gasteiger partial charge in [-0.3, -0.25) is 4.79 Å². The van der Waals surface area contributed by atoms with Crippen molar-refractivity contribution in [3.8, 4) is 0 Å². The van der Waals surface area contributed by atoms with Crippen LogP contribution in [-0.2, 0) is 9.53 Å². The lowest BCUT2D eigenvalue weighted by Crippen LogP contribution is -2.17. The lowest BCUT2D eigenvalue weighted by atomic mass is 9.87. The third-order valence-electron chi connectivity index (χ3n) is 1.58. The van der Waals surface area contributed by atoms with Crippen LogP contribution in [0.4, 0.5) is 0 Å². The molecule has 0 rings (SSSR count). The molecule has 0 saturated heterocycles. The highest BCUT2D eigenvalue weighted by molar-refractivity contribution is 5.70. The molecule has 76 valence electrons. The van der Waals surface area contributed by atoms with Gasteiger partial charge in [-0.15, -0.1) is 0 Å². The van der Waals surface area contributed by atoms with Crippen LogP contribution in [0.2, 0.25) is 0 Å². The second kappa shape index (κ2) is 5.05. The SMILES string of the molecule is CCOC(=O)CC(C)(C)C=C(C)C. The van der Waals surface area contributed by atoms with E-state index in [0.717, 1.165) is 0 Å². The summed E-state index contributed by atoms with van der Waals surface area (Å²) in [6.07, 6.45) is 2.55. The summed E-state index contributed by atoms with van der Waals surface area (Å²) in [5.74, 6) is -0.120. The third-order valence-corrected chi connectivity index (χ3v) is 1.58. The van der Waals surface area contributed by atoms with Crippen molar-refractivity contribution in [1.82, 2.24) is 0 Å². The Labute approximate surface area is 81.0 Å². The molecule has 2 heteroatoms. The lowest BCUT2D eigenvalue weighted by Gasteiger charge is -2.19. The van der Waals surface area contributed by atoms with E-state index in [2.05, 4.69) is 6.08 Å². The van der Waals surface area contributed by atoms with Crippen LogP contribution in [0.1, 0.15) is 41.0 Å². The highest BCUT2D eigenvalue weighted by Gasteiger charge is 2.19. The second-order valence-corrected chi connectivity index (χ2v) is 4.19. The molecule has 0 amide bonds. The third kappa shape index (κ3) is 6.38. The van der Waals surface area contributed by atoms with Gasteiger partial charge >= 0.3 is 5.97 Å². The molecule has 0 aromatic carbocycles. The largest absolute Gasteiger partial charge is 0.466 e. The average Bonchev–Trinajstić information content (AvgIpc) is 1.81. The lowest BCUT2D eigenvalue weighted by molar-refractivity contribution is -0.144. The number of carbonyl (C=O) groups excluding carboxylic acids is 1. The van der Waals surface area contributed by atoms with Crippen LogP contribution >= 0.6 is 0 Å². The van der Waals surface area contributed by atoms with Gasteiger partial charge in [0.05, 0.1) is 13.0 Å². The van der Waals surface area contributed by atoms with E-state index >= 15 is 0 Å². The Hall–Kier alpha value is -0.790. The molecule has 0 aromatic heterocycles. The Kier molecular flexibility index (Phi) is 4.74. The molecular formula is C11H20O2. The average molecular weight is 184 g/mol. The first-order valence-electron chi connectivity index (χ1n) is 4.69. The molecule has 0 atom stereocenters. The van der Waals surface area contributed by atoms with E-state index in [1.807, 2.05) is 34.6 Å². The maximum atomic E-state index is 11.2. The van der Waals surface area contributed by atoms with Gasteiger partial charge in [0.1, 0.15) is 0 Å². The molecule has 0 unspecified atom stereocenters. The van der Waals surface area contributed by atoms with Gasteiger partial charge < -0.3 is 4.74 Å². The highest BCUT2D eigenvalue weighted by atomic mass is 16.5. The quantitative estimate of drug-likeness (QED) is 0.496. The Balaban J connectivity index is 4.17. The van der Waals surface area contributed by atoms with E-state index in [4.69, 9.17) is 4.74 Å². The number of allylic oxidation sites excluding steroid dienone is 2. The number of hydrogen-bond acceptors (Lipinski definition) is 2. The van der Waals surface area contributed by atoms with E-state index in [1.54, 1.807) is 0 Å². The monoisotopic (exact) mass is 184 g/mol. The number of esters is 1. The molecule has 0 radical (unpaired) electrons. The van der Waals surface area contributed by atoms with Gasteiger partial charge in [0.15, 0.2) is 0 Å². The van der Waals surface area contributed by atoms with Gasteiger partial charge in [-0.2, -0.15) is 0 Å². The number of rotatable bonds is 4. The zero-order chi connectivity index (χ0) is 10.5. The molecule has 0 aliphatic rings. The van der Waals surface area contributed by atoms with Crippen LogP contribution in [0.5, 0.6) is 0 Å². The Morgan fingerprint density at radius 2 is 1.92 bits per heavy atom. The first kappa shape index (κ1) is 12.2. The number of carbonyl (C=O) groups is 1. The maximum absolute atomic E-state index is 11.2. The topological polar surface area (TPSA) is 26.3 Å². The van der Waals surface area contributed by atoms with Crippen LogP contribution < -0.4 is 0 Å². The molecule has 0 fully saturated rings. The summed E-state index contributed by atoms with van der Waals surface area (Å²) in [4.78, 5) is 11.2. The van der Waals surface area contributed by atoms with Crippen LogP contribution in [0.15, 0.2) is 11.6 Å². The van der Waals surface area contributed by atoms with E-state index in [1.165, 1.54) is 5.57 Å². The standard InChI is InChI=1S/C11H20O2/c1-6-13-10(12)8-11(4,5)7-9(2)3/h7H,6,8H2,1-5H3. The first-order valence-corrected chi connectivity index (χ1v) is 4.69. The Bertz CT molecular complexity index is 198. The fourth-order valence-electron chi connectivity index (χ4n) is 1.42. The minimum Gasteiger partial charge on any atom is -0.466 e. The van der Waals surface area contributed by atoms with E-state index in [0.29, 0.717) is 13.0 Å². The summed E-state index contributed by atoms with van der Waals surface area (Å²) >= 11 is 0. The fraction of sp³-hybridized carbons (Fsp3) is 0.727.